The molecule has 0 aliphatic carbocycles. The van der Waals surface area contributed by atoms with Gasteiger partial charge in [0.1, 0.15) is 5.75 Å². The third-order valence-electron chi connectivity index (χ3n) is 4.04. The maximum Gasteiger partial charge on any atom is 0.234 e. The van der Waals surface area contributed by atoms with Crippen molar-refractivity contribution >= 4 is 5.91 Å². The van der Waals surface area contributed by atoms with Crippen LogP contribution in [0.2, 0.25) is 0 Å². The zero-order chi connectivity index (χ0) is 15.8. The number of amides is 1. The lowest BCUT2D eigenvalue weighted by molar-refractivity contribution is -0.122. The van der Waals surface area contributed by atoms with Crippen LogP contribution >= 0.6 is 0 Å². The van der Waals surface area contributed by atoms with Crippen LogP contribution in [0.15, 0.2) is 24.3 Å². The minimum Gasteiger partial charge on any atom is -0.496 e. The number of nitrogens with one attached hydrogen (secondary N) is 1. The van der Waals surface area contributed by atoms with Gasteiger partial charge in [0.25, 0.3) is 0 Å². The Balaban J connectivity index is 1.78. The van der Waals surface area contributed by atoms with Crippen LogP contribution in [-0.4, -0.2) is 51.3 Å². The Bertz CT molecular complexity index is 477. The zero-order valence-corrected chi connectivity index (χ0v) is 13.5. The highest BCUT2D eigenvalue weighted by atomic mass is 16.5. The SMILES string of the molecule is COCC1CCCN(CC(=O)NCc2ccccc2OC)C1. The number of carbonyl (C=O) groups excluding carboxylic acids is 1. The average molecular weight is 306 g/mol. The minimum absolute atomic E-state index is 0.0592. The molecule has 1 amide bonds. The molecule has 22 heavy (non-hydrogen) atoms. The second-order valence-electron chi connectivity index (χ2n) is 5.79. The average Bonchev–Trinajstić information content (AvgIpc) is 2.54. The molecule has 0 aromatic heterocycles. The number of rotatable bonds is 7. The summed E-state index contributed by atoms with van der Waals surface area (Å²) in [4.78, 5) is 14.3. The van der Waals surface area contributed by atoms with Crippen molar-refractivity contribution in [3.63, 3.8) is 0 Å². The molecule has 1 heterocycles. The van der Waals surface area contributed by atoms with E-state index in [1.165, 1.54) is 6.42 Å². The monoisotopic (exact) mass is 306 g/mol. The standard InChI is InChI=1S/C17H26N2O3/c1-21-13-14-6-5-9-19(11-14)12-17(20)18-10-15-7-3-4-8-16(15)22-2/h3-4,7-8,14H,5-6,9-13H2,1-2H3,(H,18,20). The van der Waals surface area contributed by atoms with Crippen molar-refractivity contribution in [2.24, 2.45) is 5.92 Å². The summed E-state index contributed by atoms with van der Waals surface area (Å²) in [6, 6.07) is 7.74. The molecule has 5 heteroatoms. The number of hydrogen-bond donors (Lipinski definition) is 1. The molecule has 2 rings (SSSR count). The summed E-state index contributed by atoms with van der Waals surface area (Å²) >= 11 is 0. The summed E-state index contributed by atoms with van der Waals surface area (Å²) in [7, 11) is 3.38. The van der Waals surface area contributed by atoms with Crippen LogP contribution in [0, 0.1) is 5.92 Å². The molecule has 1 unspecified atom stereocenters. The molecule has 1 aliphatic heterocycles. The van der Waals surface area contributed by atoms with E-state index in [0.717, 1.165) is 37.4 Å². The number of carbonyl (C=O) groups is 1. The predicted molar refractivity (Wildman–Crippen MR) is 85.9 cm³/mol. The van der Waals surface area contributed by atoms with Crippen molar-refractivity contribution in [2.45, 2.75) is 19.4 Å². The van der Waals surface area contributed by atoms with Gasteiger partial charge in [-0.3, -0.25) is 9.69 Å². The van der Waals surface area contributed by atoms with Crippen LogP contribution in [0.4, 0.5) is 0 Å². The first-order chi connectivity index (χ1) is 10.7. The predicted octanol–water partition coefficient (Wildman–Crippen LogP) is 1.67. The van der Waals surface area contributed by atoms with Crippen LogP contribution in [0.1, 0.15) is 18.4 Å². The summed E-state index contributed by atoms with van der Waals surface area (Å²) in [6.07, 6.45) is 2.32. The fourth-order valence-electron chi connectivity index (χ4n) is 2.97. The van der Waals surface area contributed by atoms with Crippen LogP contribution in [0.25, 0.3) is 0 Å². The van der Waals surface area contributed by atoms with Crippen LogP contribution in [-0.2, 0) is 16.1 Å². The van der Waals surface area contributed by atoms with E-state index in [2.05, 4.69) is 10.2 Å². The third kappa shape index (κ3) is 5.00. The van der Waals surface area contributed by atoms with Gasteiger partial charge in [-0.2, -0.15) is 0 Å². The van der Waals surface area contributed by atoms with Crippen LogP contribution in [0.5, 0.6) is 5.75 Å². The van der Waals surface area contributed by atoms with E-state index < -0.39 is 0 Å². The quantitative estimate of drug-likeness (QED) is 0.832. The third-order valence-corrected chi connectivity index (χ3v) is 4.04. The normalized spacial score (nSPS) is 18.9. The Morgan fingerprint density at radius 1 is 1.36 bits per heavy atom. The first-order valence-electron chi connectivity index (χ1n) is 7.82. The molecule has 1 aromatic carbocycles. The summed E-state index contributed by atoms with van der Waals surface area (Å²) in [5, 5.41) is 2.98. The fourth-order valence-corrected chi connectivity index (χ4v) is 2.97. The number of hydrogen-bond acceptors (Lipinski definition) is 4. The molecule has 1 atom stereocenters. The molecule has 1 aromatic rings. The molecule has 122 valence electrons. The smallest absolute Gasteiger partial charge is 0.234 e. The Labute approximate surface area is 132 Å². The van der Waals surface area contributed by atoms with E-state index in [1.807, 2.05) is 24.3 Å². The van der Waals surface area contributed by atoms with Crippen molar-refractivity contribution in [1.29, 1.82) is 0 Å². The van der Waals surface area contributed by atoms with E-state index in [0.29, 0.717) is 19.0 Å². The van der Waals surface area contributed by atoms with E-state index in [1.54, 1.807) is 14.2 Å². The molecule has 1 aliphatic rings. The first-order valence-corrected chi connectivity index (χ1v) is 7.82. The second-order valence-corrected chi connectivity index (χ2v) is 5.79. The minimum atomic E-state index is 0.0592. The van der Waals surface area contributed by atoms with Gasteiger partial charge in [0.2, 0.25) is 5.91 Å². The molecule has 0 spiro atoms. The summed E-state index contributed by atoms with van der Waals surface area (Å²) in [6.45, 7) is 3.66. The number of likely N-dealkylation sites (tertiary alicyclic amines) is 1. The fraction of sp³-hybridized carbons (Fsp3) is 0.588. The molecule has 5 nitrogen and oxygen atoms in total. The van der Waals surface area contributed by atoms with Gasteiger partial charge in [-0.15, -0.1) is 0 Å². The van der Waals surface area contributed by atoms with Gasteiger partial charge in [-0.25, -0.2) is 0 Å². The van der Waals surface area contributed by atoms with Gasteiger partial charge < -0.3 is 14.8 Å². The van der Waals surface area contributed by atoms with Crippen molar-refractivity contribution in [1.82, 2.24) is 10.2 Å². The van der Waals surface area contributed by atoms with Crippen LogP contribution < -0.4 is 10.1 Å². The van der Waals surface area contributed by atoms with E-state index >= 15 is 0 Å². The van der Waals surface area contributed by atoms with Crippen molar-refractivity contribution in [3.05, 3.63) is 29.8 Å². The van der Waals surface area contributed by atoms with Gasteiger partial charge in [-0.1, -0.05) is 18.2 Å². The molecular weight excluding hydrogens is 280 g/mol. The Hall–Kier alpha value is -1.59. The van der Waals surface area contributed by atoms with Gasteiger partial charge in [-0.05, 0) is 31.4 Å². The van der Waals surface area contributed by atoms with Gasteiger partial charge in [0, 0.05) is 25.8 Å². The molecular formula is C17H26N2O3. The number of benzene rings is 1. The molecule has 0 radical (unpaired) electrons. The van der Waals surface area contributed by atoms with Gasteiger partial charge >= 0.3 is 0 Å². The molecule has 1 N–H and O–H groups in total. The number of ether oxygens (including phenoxy) is 2. The van der Waals surface area contributed by atoms with Crippen molar-refractivity contribution in [3.8, 4) is 5.75 Å². The number of piperidine rings is 1. The Kier molecular flexibility index (Phi) is 6.68. The van der Waals surface area contributed by atoms with E-state index in [-0.39, 0.29) is 5.91 Å². The first kappa shape index (κ1) is 16.8. The topological polar surface area (TPSA) is 50.8 Å². The van der Waals surface area contributed by atoms with Crippen molar-refractivity contribution in [2.75, 3.05) is 40.5 Å². The summed E-state index contributed by atoms with van der Waals surface area (Å²) in [5.41, 5.74) is 0.995. The highest BCUT2D eigenvalue weighted by molar-refractivity contribution is 5.78. The molecule has 1 saturated heterocycles. The van der Waals surface area contributed by atoms with Crippen molar-refractivity contribution < 1.29 is 14.3 Å². The molecule has 1 fully saturated rings. The lowest BCUT2D eigenvalue weighted by atomic mass is 9.99. The number of para-hydroxylation sites is 1. The highest BCUT2D eigenvalue weighted by Crippen LogP contribution is 2.17. The molecule has 0 bridgehead atoms. The van der Waals surface area contributed by atoms with Gasteiger partial charge in [0.15, 0.2) is 0 Å². The van der Waals surface area contributed by atoms with E-state index in [4.69, 9.17) is 9.47 Å². The number of methoxy groups -OCH3 is 2. The largest absolute Gasteiger partial charge is 0.496 e. The molecule has 0 saturated carbocycles. The highest BCUT2D eigenvalue weighted by Gasteiger charge is 2.21. The second kappa shape index (κ2) is 8.76. The Morgan fingerprint density at radius 3 is 2.95 bits per heavy atom. The Morgan fingerprint density at radius 2 is 2.18 bits per heavy atom. The maximum absolute atomic E-state index is 12.1. The van der Waals surface area contributed by atoms with E-state index in [9.17, 15) is 4.79 Å². The number of nitrogens with zero attached hydrogens (tertiary/aromatic N) is 1. The summed E-state index contributed by atoms with van der Waals surface area (Å²) < 4.78 is 10.5. The lowest BCUT2D eigenvalue weighted by Gasteiger charge is -2.31. The van der Waals surface area contributed by atoms with Gasteiger partial charge in [0.05, 0.1) is 20.3 Å². The zero-order valence-electron chi connectivity index (χ0n) is 13.5. The van der Waals surface area contributed by atoms with Crippen LogP contribution in [0.3, 0.4) is 0 Å². The maximum atomic E-state index is 12.1. The lowest BCUT2D eigenvalue weighted by Crippen LogP contribution is -2.43. The summed E-state index contributed by atoms with van der Waals surface area (Å²) in [5.74, 6) is 1.41.